The summed E-state index contributed by atoms with van der Waals surface area (Å²) in [6, 6.07) is 9.79. The third kappa shape index (κ3) is 3.04. The van der Waals surface area contributed by atoms with E-state index in [1.165, 1.54) is 0 Å². The summed E-state index contributed by atoms with van der Waals surface area (Å²) in [5, 5.41) is 7.83. The minimum atomic E-state index is 0.660. The minimum Gasteiger partial charge on any atom is -0.494 e. The van der Waals surface area contributed by atoms with Crippen molar-refractivity contribution in [3.05, 3.63) is 60.4 Å². The van der Waals surface area contributed by atoms with Gasteiger partial charge in [-0.05, 0) is 44.5 Å². The predicted molar refractivity (Wildman–Crippen MR) is 92.5 cm³/mol. The van der Waals surface area contributed by atoms with Crippen LogP contribution in [0.15, 0.2) is 49.2 Å². The maximum absolute atomic E-state index is 5.48. The summed E-state index contributed by atoms with van der Waals surface area (Å²) in [5.74, 6) is 1.78. The molecule has 0 saturated carbocycles. The summed E-state index contributed by atoms with van der Waals surface area (Å²) < 4.78 is 7.30. The standard InChI is InChI=1S/C18H20N4O/c1-4-6-16-13(3)20-17-11-12-19-22(17)18(16)21-14-7-9-15(10-8-14)23-5-2/h4,7-12,21H,1,5-6H2,2-3H3. The van der Waals surface area contributed by atoms with Crippen molar-refractivity contribution in [2.45, 2.75) is 20.3 Å². The molecule has 3 aromatic rings. The number of hydrogen-bond acceptors (Lipinski definition) is 4. The van der Waals surface area contributed by atoms with Gasteiger partial charge in [0.2, 0.25) is 0 Å². The lowest BCUT2D eigenvalue weighted by atomic mass is 10.1. The Kier molecular flexibility index (Phi) is 4.28. The number of anilines is 2. The summed E-state index contributed by atoms with van der Waals surface area (Å²) in [6.07, 6.45) is 4.36. The van der Waals surface area contributed by atoms with E-state index < -0.39 is 0 Å². The highest BCUT2D eigenvalue weighted by atomic mass is 16.5. The van der Waals surface area contributed by atoms with Crippen molar-refractivity contribution in [3.63, 3.8) is 0 Å². The Balaban J connectivity index is 2.01. The van der Waals surface area contributed by atoms with Gasteiger partial charge < -0.3 is 10.1 Å². The van der Waals surface area contributed by atoms with Gasteiger partial charge in [0.25, 0.3) is 0 Å². The number of allylic oxidation sites excluding steroid dienone is 1. The summed E-state index contributed by atoms with van der Waals surface area (Å²) in [4.78, 5) is 4.59. The fraction of sp³-hybridized carbons (Fsp3) is 0.222. The van der Waals surface area contributed by atoms with Crippen molar-refractivity contribution in [2.75, 3.05) is 11.9 Å². The largest absolute Gasteiger partial charge is 0.494 e. The van der Waals surface area contributed by atoms with Crippen molar-refractivity contribution in [2.24, 2.45) is 0 Å². The van der Waals surface area contributed by atoms with Gasteiger partial charge in [0, 0.05) is 23.0 Å². The van der Waals surface area contributed by atoms with Gasteiger partial charge in [-0.1, -0.05) is 6.08 Å². The van der Waals surface area contributed by atoms with E-state index in [0.29, 0.717) is 6.61 Å². The van der Waals surface area contributed by atoms with Crippen LogP contribution >= 0.6 is 0 Å². The smallest absolute Gasteiger partial charge is 0.157 e. The number of aromatic nitrogens is 3. The quantitative estimate of drug-likeness (QED) is 0.702. The molecule has 1 N–H and O–H groups in total. The number of rotatable bonds is 6. The van der Waals surface area contributed by atoms with Crippen LogP contribution in [0.4, 0.5) is 11.5 Å². The van der Waals surface area contributed by atoms with Crippen LogP contribution in [-0.4, -0.2) is 21.2 Å². The molecule has 0 atom stereocenters. The summed E-state index contributed by atoms with van der Waals surface area (Å²) in [6.45, 7) is 8.49. The van der Waals surface area contributed by atoms with E-state index in [0.717, 1.165) is 40.6 Å². The summed E-state index contributed by atoms with van der Waals surface area (Å²) >= 11 is 0. The highest BCUT2D eigenvalue weighted by Crippen LogP contribution is 2.26. The fourth-order valence-corrected chi connectivity index (χ4v) is 2.55. The van der Waals surface area contributed by atoms with Crippen molar-refractivity contribution >= 4 is 17.2 Å². The Morgan fingerprint density at radius 2 is 2.04 bits per heavy atom. The van der Waals surface area contributed by atoms with Gasteiger partial charge in [-0.15, -0.1) is 6.58 Å². The maximum Gasteiger partial charge on any atom is 0.157 e. The number of nitrogens with zero attached hydrogens (tertiary/aromatic N) is 3. The first-order chi connectivity index (χ1) is 11.2. The molecule has 1 aromatic carbocycles. The van der Waals surface area contributed by atoms with Gasteiger partial charge >= 0.3 is 0 Å². The third-order valence-corrected chi connectivity index (χ3v) is 3.62. The zero-order valence-corrected chi connectivity index (χ0v) is 13.4. The number of benzene rings is 1. The maximum atomic E-state index is 5.48. The van der Waals surface area contributed by atoms with Crippen LogP contribution in [0.2, 0.25) is 0 Å². The molecule has 0 spiro atoms. The molecule has 118 valence electrons. The molecular weight excluding hydrogens is 288 g/mol. The average molecular weight is 308 g/mol. The molecule has 0 bridgehead atoms. The van der Waals surface area contributed by atoms with Crippen LogP contribution in [0.3, 0.4) is 0 Å². The average Bonchev–Trinajstić information content (AvgIpc) is 3.01. The molecule has 2 heterocycles. The van der Waals surface area contributed by atoms with Gasteiger partial charge in [0.15, 0.2) is 5.65 Å². The molecular formula is C18H20N4O. The molecule has 0 fully saturated rings. The Hall–Kier alpha value is -2.82. The number of aryl methyl sites for hydroxylation is 1. The highest BCUT2D eigenvalue weighted by molar-refractivity contribution is 5.64. The van der Waals surface area contributed by atoms with Gasteiger partial charge in [-0.25, -0.2) is 4.98 Å². The van der Waals surface area contributed by atoms with Crippen molar-refractivity contribution in [1.29, 1.82) is 0 Å². The van der Waals surface area contributed by atoms with E-state index in [1.807, 2.05) is 54.8 Å². The normalized spacial score (nSPS) is 10.7. The van der Waals surface area contributed by atoms with Crippen LogP contribution in [0.5, 0.6) is 5.75 Å². The Labute approximate surface area is 135 Å². The fourth-order valence-electron chi connectivity index (χ4n) is 2.55. The highest BCUT2D eigenvalue weighted by Gasteiger charge is 2.12. The Bertz CT molecular complexity index is 821. The molecule has 0 amide bonds. The second-order valence-electron chi connectivity index (χ2n) is 5.20. The number of ether oxygens (including phenoxy) is 1. The van der Waals surface area contributed by atoms with Gasteiger partial charge in [-0.2, -0.15) is 9.61 Å². The van der Waals surface area contributed by atoms with Crippen LogP contribution in [0.25, 0.3) is 5.65 Å². The zero-order chi connectivity index (χ0) is 16.2. The monoisotopic (exact) mass is 308 g/mol. The number of nitrogens with one attached hydrogen (secondary N) is 1. The van der Waals surface area contributed by atoms with E-state index in [4.69, 9.17) is 4.74 Å². The second-order valence-corrected chi connectivity index (χ2v) is 5.20. The summed E-state index contributed by atoms with van der Waals surface area (Å²) in [7, 11) is 0. The molecule has 0 aliphatic rings. The van der Waals surface area contributed by atoms with E-state index in [2.05, 4.69) is 22.0 Å². The molecule has 5 nitrogen and oxygen atoms in total. The number of hydrogen-bond donors (Lipinski definition) is 1. The first-order valence-electron chi connectivity index (χ1n) is 7.67. The molecule has 3 rings (SSSR count). The van der Waals surface area contributed by atoms with Crippen molar-refractivity contribution in [1.82, 2.24) is 14.6 Å². The lowest BCUT2D eigenvalue weighted by molar-refractivity contribution is 0.340. The lowest BCUT2D eigenvalue weighted by Crippen LogP contribution is -2.08. The topological polar surface area (TPSA) is 51.5 Å². The predicted octanol–water partition coefficient (Wildman–Crippen LogP) is 3.91. The molecule has 2 aromatic heterocycles. The van der Waals surface area contributed by atoms with Gasteiger partial charge in [0.1, 0.15) is 11.6 Å². The molecule has 5 heteroatoms. The Morgan fingerprint density at radius 1 is 1.26 bits per heavy atom. The minimum absolute atomic E-state index is 0.660. The van der Waals surface area contributed by atoms with Crippen LogP contribution in [0.1, 0.15) is 18.2 Å². The van der Waals surface area contributed by atoms with E-state index in [-0.39, 0.29) is 0 Å². The third-order valence-electron chi connectivity index (χ3n) is 3.62. The first kappa shape index (κ1) is 15.1. The van der Waals surface area contributed by atoms with Crippen molar-refractivity contribution < 1.29 is 4.74 Å². The molecule has 0 unspecified atom stereocenters. The second kappa shape index (κ2) is 6.52. The van der Waals surface area contributed by atoms with Crippen molar-refractivity contribution in [3.8, 4) is 5.75 Å². The molecule has 23 heavy (non-hydrogen) atoms. The Morgan fingerprint density at radius 3 is 2.74 bits per heavy atom. The first-order valence-corrected chi connectivity index (χ1v) is 7.67. The van der Waals surface area contributed by atoms with E-state index in [9.17, 15) is 0 Å². The van der Waals surface area contributed by atoms with Crippen LogP contribution < -0.4 is 10.1 Å². The summed E-state index contributed by atoms with van der Waals surface area (Å²) in [5.41, 5.74) is 3.86. The number of fused-ring (bicyclic) bond motifs is 1. The molecule has 0 radical (unpaired) electrons. The van der Waals surface area contributed by atoms with E-state index in [1.54, 1.807) is 6.20 Å². The molecule has 0 aliphatic heterocycles. The lowest BCUT2D eigenvalue weighted by Gasteiger charge is -2.15. The van der Waals surface area contributed by atoms with Crippen LogP contribution in [-0.2, 0) is 6.42 Å². The SMILES string of the molecule is C=CCc1c(C)nc2ccnn2c1Nc1ccc(OCC)cc1. The van der Waals surface area contributed by atoms with E-state index >= 15 is 0 Å². The van der Waals surface area contributed by atoms with Gasteiger partial charge in [0.05, 0.1) is 12.8 Å². The van der Waals surface area contributed by atoms with Crippen LogP contribution in [0, 0.1) is 6.92 Å². The zero-order valence-electron chi connectivity index (χ0n) is 13.4. The molecule has 0 aliphatic carbocycles. The van der Waals surface area contributed by atoms with Gasteiger partial charge in [-0.3, -0.25) is 0 Å². The molecule has 0 saturated heterocycles.